The van der Waals surface area contributed by atoms with Gasteiger partial charge in [0.05, 0.1) is 25.5 Å². The lowest BCUT2D eigenvalue weighted by molar-refractivity contribution is -0.144. The highest BCUT2D eigenvalue weighted by molar-refractivity contribution is 5.98. The minimum absolute atomic E-state index is 0.00654. The van der Waals surface area contributed by atoms with Crippen LogP contribution in [-0.2, 0) is 43.2 Å². The number of unbranched alkanes of at least 4 members (excludes halogenated alkanes) is 9. The van der Waals surface area contributed by atoms with Crippen LogP contribution in [0.25, 0.3) is 0 Å². The molecule has 0 aromatic carbocycles. The standard InChI is InChI=1S/C35H61N9O11/c1-2-3-4-5-6-7-8-9-10-11-13-21(36)30(49)41-23(18-28(38)47)31(50)40-22(15-16-27(37)46)34(53)44-17-12-14-26(44)33(52)42-24(19-29(39)48)32(51)43-25(20-45)35(54)55/h21-26,45H,2-20,36H2,1H3,(H2,37,46)(H2,38,47)(H2,39,48)(H,40,50)(H,41,49)(H,42,52)(H,43,51)(H,54,55)/t21?,22-,23+,24+,25-,26-/m0/s1. The zero-order chi connectivity index (χ0) is 41.5. The molecule has 6 atom stereocenters. The maximum atomic E-state index is 13.8. The molecule has 0 aliphatic carbocycles. The quantitative estimate of drug-likeness (QED) is 0.0357. The van der Waals surface area contributed by atoms with Gasteiger partial charge in [0.1, 0.15) is 30.2 Å². The van der Waals surface area contributed by atoms with Crippen LogP contribution in [0.1, 0.15) is 116 Å². The Hall–Kier alpha value is -4.85. The number of likely N-dealkylation sites (tertiary alicyclic amines) is 1. The van der Waals surface area contributed by atoms with Crippen molar-refractivity contribution in [3.63, 3.8) is 0 Å². The van der Waals surface area contributed by atoms with Gasteiger partial charge in [-0.1, -0.05) is 71.1 Å². The van der Waals surface area contributed by atoms with Crippen LogP contribution in [0.15, 0.2) is 0 Å². The Kier molecular flexibility index (Phi) is 22.8. The number of aliphatic hydroxyl groups is 1. The molecule has 0 aromatic heterocycles. The number of carbonyl (C=O) groups excluding carboxylic acids is 8. The summed E-state index contributed by atoms with van der Waals surface area (Å²) in [7, 11) is 0. The molecule has 1 aliphatic heterocycles. The van der Waals surface area contributed by atoms with Crippen molar-refractivity contribution in [3.8, 4) is 0 Å². The number of carbonyl (C=O) groups is 9. The number of primary amides is 3. The normalized spacial score (nSPS) is 16.5. The summed E-state index contributed by atoms with van der Waals surface area (Å²) >= 11 is 0. The van der Waals surface area contributed by atoms with Gasteiger partial charge in [-0.3, -0.25) is 38.4 Å². The molecule has 0 radical (unpaired) electrons. The lowest BCUT2D eigenvalue weighted by Gasteiger charge is -2.30. The fourth-order valence-corrected chi connectivity index (χ4v) is 6.13. The van der Waals surface area contributed by atoms with Gasteiger partial charge in [0.2, 0.25) is 47.3 Å². The third-order valence-electron chi connectivity index (χ3n) is 9.21. The van der Waals surface area contributed by atoms with Crippen molar-refractivity contribution in [1.29, 1.82) is 0 Å². The number of rotatable bonds is 29. The molecule has 312 valence electrons. The highest BCUT2D eigenvalue weighted by atomic mass is 16.4. The molecular weight excluding hydrogens is 722 g/mol. The summed E-state index contributed by atoms with van der Waals surface area (Å²) in [5.41, 5.74) is 22.0. The summed E-state index contributed by atoms with van der Waals surface area (Å²) in [5.74, 6) is -8.96. The van der Waals surface area contributed by atoms with Crippen LogP contribution in [0.5, 0.6) is 0 Å². The number of hydrogen-bond acceptors (Lipinski definition) is 11. The van der Waals surface area contributed by atoms with E-state index in [1.165, 1.54) is 32.1 Å². The predicted octanol–water partition coefficient (Wildman–Crippen LogP) is -2.35. The highest BCUT2D eigenvalue weighted by Crippen LogP contribution is 2.20. The maximum Gasteiger partial charge on any atom is 0.328 e. The van der Waals surface area contributed by atoms with Gasteiger partial charge in [-0.25, -0.2) is 4.79 Å². The second-order valence-electron chi connectivity index (χ2n) is 13.9. The van der Waals surface area contributed by atoms with Crippen molar-refractivity contribution in [2.24, 2.45) is 22.9 Å². The second kappa shape index (κ2) is 26.0. The van der Waals surface area contributed by atoms with Gasteiger partial charge in [0, 0.05) is 13.0 Å². The summed E-state index contributed by atoms with van der Waals surface area (Å²) in [6.45, 7) is 1.18. The van der Waals surface area contributed by atoms with E-state index in [1.54, 1.807) is 0 Å². The molecule has 1 heterocycles. The minimum Gasteiger partial charge on any atom is -0.480 e. The molecule has 0 saturated carbocycles. The molecule has 1 saturated heterocycles. The van der Waals surface area contributed by atoms with Gasteiger partial charge in [0.15, 0.2) is 0 Å². The van der Waals surface area contributed by atoms with Crippen molar-refractivity contribution < 1.29 is 53.4 Å². The number of nitrogens with two attached hydrogens (primary N) is 4. The molecule has 1 aliphatic rings. The first-order valence-corrected chi connectivity index (χ1v) is 19.0. The second-order valence-corrected chi connectivity index (χ2v) is 13.9. The topological polar surface area (TPSA) is 350 Å². The zero-order valence-corrected chi connectivity index (χ0v) is 31.7. The number of amides is 8. The summed E-state index contributed by atoms with van der Waals surface area (Å²) in [6, 6.07) is -8.67. The summed E-state index contributed by atoms with van der Waals surface area (Å²) in [6.07, 6.45) is 9.46. The van der Waals surface area contributed by atoms with E-state index in [0.717, 1.165) is 30.6 Å². The fraction of sp³-hybridized carbons (Fsp3) is 0.743. The summed E-state index contributed by atoms with van der Waals surface area (Å²) in [4.78, 5) is 114. The molecule has 20 heteroatoms. The largest absolute Gasteiger partial charge is 0.480 e. The number of aliphatic carboxylic acids is 1. The van der Waals surface area contributed by atoms with E-state index in [4.69, 9.17) is 28.0 Å². The first-order chi connectivity index (χ1) is 26.0. The molecule has 8 amide bonds. The molecule has 0 bridgehead atoms. The van der Waals surface area contributed by atoms with Gasteiger partial charge in [-0.15, -0.1) is 0 Å². The van der Waals surface area contributed by atoms with E-state index >= 15 is 0 Å². The van der Waals surface area contributed by atoms with Crippen molar-refractivity contribution in [1.82, 2.24) is 26.2 Å². The molecule has 0 spiro atoms. The molecular formula is C35H61N9O11. The first-order valence-electron chi connectivity index (χ1n) is 19.0. The van der Waals surface area contributed by atoms with E-state index in [1.807, 2.05) is 5.32 Å². The monoisotopic (exact) mass is 783 g/mol. The van der Waals surface area contributed by atoms with Gasteiger partial charge in [-0.05, 0) is 25.7 Å². The Morgan fingerprint density at radius 3 is 1.64 bits per heavy atom. The predicted molar refractivity (Wildman–Crippen MR) is 198 cm³/mol. The van der Waals surface area contributed by atoms with Crippen molar-refractivity contribution >= 4 is 53.2 Å². The van der Waals surface area contributed by atoms with Crippen molar-refractivity contribution in [3.05, 3.63) is 0 Å². The number of hydrogen-bond donors (Lipinski definition) is 10. The molecule has 1 unspecified atom stereocenters. The molecule has 20 nitrogen and oxygen atoms in total. The van der Waals surface area contributed by atoms with Crippen LogP contribution in [0.2, 0.25) is 0 Å². The van der Waals surface area contributed by atoms with E-state index in [2.05, 4.69) is 22.9 Å². The molecule has 1 rings (SSSR count). The third-order valence-corrected chi connectivity index (χ3v) is 9.21. The summed E-state index contributed by atoms with van der Waals surface area (Å²) < 4.78 is 0. The minimum atomic E-state index is -1.75. The van der Waals surface area contributed by atoms with Gasteiger partial charge >= 0.3 is 5.97 Å². The molecule has 0 aromatic rings. The SMILES string of the molecule is CCCCCCCCCCCCC(N)C(=O)N[C@H](CC(N)=O)C(=O)N[C@@H](CCC(N)=O)C(=O)N1CCC[C@H]1C(=O)N[C@H](CC(N)=O)C(=O)N[C@@H](CO)C(=O)O. The Labute approximate surface area is 321 Å². The lowest BCUT2D eigenvalue weighted by atomic mass is 10.0. The van der Waals surface area contributed by atoms with Crippen LogP contribution in [-0.4, -0.2) is 118 Å². The summed E-state index contributed by atoms with van der Waals surface area (Å²) in [5, 5.41) is 27.5. The van der Waals surface area contributed by atoms with Gasteiger partial charge in [-0.2, -0.15) is 0 Å². The number of carboxylic acids is 1. The molecule has 14 N–H and O–H groups in total. The van der Waals surface area contributed by atoms with E-state index in [0.29, 0.717) is 12.8 Å². The Balaban J connectivity index is 3.00. The Morgan fingerprint density at radius 2 is 1.15 bits per heavy atom. The van der Waals surface area contributed by atoms with Crippen LogP contribution < -0.4 is 44.2 Å². The van der Waals surface area contributed by atoms with E-state index in [9.17, 15) is 48.3 Å². The zero-order valence-electron chi connectivity index (χ0n) is 31.7. The number of nitrogens with one attached hydrogen (secondary N) is 4. The fourth-order valence-electron chi connectivity index (χ4n) is 6.13. The Morgan fingerprint density at radius 1 is 0.655 bits per heavy atom. The number of aliphatic hydroxyl groups excluding tert-OH is 1. The van der Waals surface area contributed by atoms with Crippen LogP contribution in [0.3, 0.4) is 0 Å². The first kappa shape index (κ1) is 48.2. The average molecular weight is 784 g/mol. The van der Waals surface area contributed by atoms with Crippen LogP contribution in [0, 0.1) is 0 Å². The number of nitrogens with zero attached hydrogens (tertiary/aromatic N) is 1. The van der Waals surface area contributed by atoms with Crippen LogP contribution >= 0.6 is 0 Å². The van der Waals surface area contributed by atoms with Crippen molar-refractivity contribution in [2.75, 3.05) is 13.2 Å². The molecule has 55 heavy (non-hydrogen) atoms. The highest BCUT2D eigenvalue weighted by Gasteiger charge is 2.40. The average Bonchev–Trinajstić information content (AvgIpc) is 3.61. The maximum absolute atomic E-state index is 13.8. The third kappa shape index (κ3) is 18.8. The molecule has 1 fully saturated rings. The van der Waals surface area contributed by atoms with Crippen molar-refractivity contribution in [2.45, 2.75) is 152 Å². The van der Waals surface area contributed by atoms with E-state index in [-0.39, 0.29) is 32.2 Å². The van der Waals surface area contributed by atoms with E-state index < -0.39 is 109 Å². The smallest absolute Gasteiger partial charge is 0.328 e. The lowest BCUT2D eigenvalue weighted by Crippen LogP contribution is -2.59. The number of carboxylic acid groups (broad SMARTS) is 1. The Bertz CT molecular complexity index is 1330. The van der Waals surface area contributed by atoms with Gasteiger partial charge in [0.25, 0.3) is 0 Å². The van der Waals surface area contributed by atoms with Crippen LogP contribution in [0.4, 0.5) is 0 Å². The van der Waals surface area contributed by atoms with Gasteiger partial charge < -0.3 is 59.3 Å².